The molecule has 0 aliphatic carbocycles. The predicted octanol–water partition coefficient (Wildman–Crippen LogP) is 7.45. The zero-order chi connectivity index (χ0) is 26.3. The van der Waals surface area contributed by atoms with Crippen LogP contribution in [-0.4, -0.2) is 26.5 Å². The molecule has 0 spiro atoms. The molecule has 0 radical (unpaired) electrons. The SMILES string of the molecule is Cc1cc(SC(C)c2cccc3c2cnn3-c2ccc(C(F)(F)F)cc2)ccc1OC(C)(C)C(=O)O. The van der Waals surface area contributed by atoms with Crippen molar-refractivity contribution in [3.63, 3.8) is 0 Å². The van der Waals surface area contributed by atoms with Crippen LogP contribution in [0.2, 0.25) is 0 Å². The Morgan fingerprint density at radius 2 is 1.78 bits per heavy atom. The molecule has 0 saturated heterocycles. The minimum absolute atomic E-state index is 0.0422. The number of alkyl halides is 3. The molecule has 1 unspecified atom stereocenters. The highest BCUT2D eigenvalue weighted by Gasteiger charge is 2.31. The largest absolute Gasteiger partial charge is 0.478 e. The summed E-state index contributed by atoms with van der Waals surface area (Å²) >= 11 is 1.63. The number of fused-ring (bicyclic) bond motifs is 1. The number of rotatable bonds is 7. The van der Waals surface area contributed by atoms with E-state index in [0.29, 0.717) is 11.4 Å². The standard InChI is InChI=1S/C27H25F3N2O3S/c1-16-14-20(12-13-24(16)35-26(3,4)25(33)34)36-17(2)21-6-5-7-23-22(21)15-31-32(23)19-10-8-18(9-11-19)27(28,29)30/h5-15,17H,1-4H3,(H,33,34). The van der Waals surface area contributed by atoms with Crippen LogP contribution < -0.4 is 4.74 Å². The lowest BCUT2D eigenvalue weighted by Crippen LogP contribution is -2.38. The number of aromatic nitrogens is 2. The molecule has 4 rings (SSSR count). The second-order valence-corrected chi connectivity index (χ2v) is 10.4. The number of nitrogens with zero attached hydrogens (tertiary/aromatic N) is 2. The highest BCUT2D eigenvalue weighted by atomic mass is 32.2. The number of aliphatic carboxylic acids is 1. The molecule has 1 heterocycles. The second kappa shape index (κ2) is 9.54. The van der Waals surface area contributed by atoms with E-state index in [9.17, 15) is 23.1 Å². The number of carbonyl (C=O) groups is 1. The molecule has 3 aromatic carbocycles. The molecule has 1 atom stereocenters. The Morgan fingerprint density at radius 1 is 1.08 bits per heavy atom. The van der Waals surface area contributed by atoms with Crippen LogP contribution in [0.15, 0.2) is 71.8 Å². The maximum atomic E-state index is 12.9. The Labute approximate surface area is 210 Å². The van der Waals surface area contributed by atoms with E-state index in [2.05, 4.69) is 12.0 Å². The van der Waals surface area contributed by atoms with Crippen LogP contribution >= 0.6 is 11.8 Å². The van der Waals surface area contributed by atoms with Gasteiger partial charge in [0.1, 0.15) is 5.75 Å². The maximum absolute atomic E-state index is 12.9. The monoisotopic (exact) mass is 514 g/mol. The third-order valence-corrected chi connectivity index (χ3v) is 7.00. The van der Waals surface area contributed by atoms with Crippen LogP contribution in [0.4, 0.5) is 13.2 Å². The van der Waals surface area contributed by atoms with E-state index in [0.717, 1.165) is 39.1 Å². The first-order chi connectivity index (χ1) is 16.9. The Bertz CT molecular complexity index is 1410. The highest BCUT2D eigenvalue weighted by Crippen LogP contribution is 2.40. The quantitative estimate of drug-likeness (QED) is 0.260. The smallest absolute Gasteiger partial charge is 0.416 e. The summed E-state index contributed by atoms with van der Waals surface area (Å²) in [5.41, 5.74) is 1.18. The molecule has 0 fully saturated rings. The first-order valence-electron chi connectivity index (χ1n) is 11.2. The number of thioether (sulfide) groups is 1. The zero-order valence-electron chi connectivity index (χ0n) is 20.1. The van der Waals surface area contributed by atoms with Gasteiger partial charge in [-0.25, -0.2) is 9.48 Å². The van der Waals surface area contributed by atoms with E-state index >= 15 is 0 Å². The summed E-state index contributed by atoms with van der Waals surface area (Å²) < 4.78 is 46.1. The average molecular weight is 515 g/mol. The van der Waals surface area contributed by atoms with Gasteiger partial charge in [0.05, 0.1) is 23.0 Å². The van der Waals surface area contributed by atoms with E-state index in [4.69, 9.17) is 4.74 Å². The molecule has 0 amide bonds. The molecule has 0 aliphatic heterocycles. The molecule has 4 aromatic rings. The van der Waals surface area contributed by atoms with Crippen molar-refractivity contribution in [3.8, 4) is 11.4 Å². The Hall–Kier alpha value is -3.46. The van der Waals surface area contributed by atoms with E-state index in [1.54, 1.807) is 28.7 Å². The van der Waals surface area contributed by atoms with Gasteiger partial charge in [0.15, 0.2) is 5.60 Å². The van der Waals surface area contributed by atoms with Crippen molar-refractivity contribution < 1.29 is 27.8 Å². The van der Waals surface area contributed by atoms with Crippen molar-refractivity contribution in [2.45, 2.75) is 49.6 Å². The third kappa shape index (κ3) is 5.21. The lowest BCUT2D eigenvalue weighted by atomic mass is 10.1. The van der Waals surface area contributed by atoms with Gasteiger partial charge in [0, 0.05) is 15.5 Å². The minimum Gasteiger partial charge on any atom is -0.478 e. The molecule has 5 nitrogen and oxygen atoms in total. The highest BCUT2D eigenvalue weighted by molar-refractivity contribution is 7.99. The van der Waals surface area contributed by atoms with Crippen LogP contribution in [-0.2, 0) is 11.0 Å². The van der Waals surface area contributed by atoms with Gasteiger partial charge in [-0.3, -0.25) is 0 Å². The number of hydrogen-bond acceptors (Lipinski definition) is 4. The van der Waals surface area contributed by atoms with Crippen molar-refractivity contribution >= 4 is 28.6 Å². The fourth-order valence-corrected chi connectivity index (χ4v) is 4.95. The number of aryl methyl sites for hydroxylation is 1. The lowest BCUT2D eigenvalue weighted by molar-refractivity contribution is -0.152. The number of carboxylic acid groups (broad SMARTS) is 1. The molecule has 0 aliphatic rings. The van der Waals surface area contributed by atoms with Crippen LogP contribution in [0.5, 0.6) is 5.75 Å². The number of carboxylic acids is 1. The number of hydrogen-bond donors (Lipinski definition) is 1. The summed E-state index contributed by atoms with van der Waals surface area (Å²) in [4.78, 5) is 12.4. The zero-order valence-corrected chi connectivity index (χ0v) is 20.9. The predicted molar refractivity (Wildman–Crippen MR) is 134 cm³/mol. The summed E-state index contributed by atoms with van der Waals surface area (Å²) in [6.45, 7) is 6.95. The first kappa shape index (κ1) is 25.6. The molecule has 188 valence electrons. The normalized spacial score (nSPS) is 13.1. The average Bonchev–Trinajstić information content (AvgIpc) is 3.24. The molecule has 1 aromatic heterocycles. The van der Waals surface area contributed by atoms with E-state index in [-0.39, 0.29) is 5.25 Å². The Balaban J connectivity index is 1.58. The van der Waals surface area contributed by atoms with Crippen LogP contribution in [0.3, 0.4) is 0 Å². The molecule has 36 heavy (non-hydrogen) atoms. The van der Waals surface area contributed by atoms with Crippen molar-refractivity contribution in [2.24, 2.45) is 0 Å². The van der Waals surface area contributed by atoms with Crippen molar-refractivity contribution in [3.05, 3.63) is 83.6 Å². The summed E-state index contributed by atoms with van der Waals surface area (Å²) in [7, 11) is 0. The van der Waals surface area contributed by atoms with Crippen molar-refractivity contribution in [1.29, 1.82) is 0 Å². The number of halogens is 3. The number of benzene rings is 3. The van der Waals surface area contributed by atoms with Crippen LogP contribution in [0.1, 0.15) is 42.7 Å². The van der Waals surface area contributed by atoms with Crippen molar-refractivity contribution in [2.75, 3.05) is 0 Å². The molecular weight excluding hydrogens is 489 g/mol. The topological polar surface area (TPSA) is 64.4 Å². The molecule has 0 bridgehead atoms. The van der Waals surface area contributed by atoms with Gasteiger partial charge in [0.2, 0.25) is 0 Å². The van der Waals surface area contributed by atoms with Crippen LogP contribution in [0, 0.1) is 6.92 Å². The minimum atomic E-state index is -4.39. The lowest BCUT2D eigenvalue weighted by Gasteiger charge is -2.23. The maximum Gasteiger partial charge on any atom is 0.416 e. The van der Waals surface area contributed by atoms with Gasteiger partial charge >= 0.3 is 12.1 Å². The van der Waals surface area contributed by atoms with Gasteiger partial charge in [-0.2, -0.15) is 18.3 Å². The van der Waals surface area contributed by atoms with Gasteiger partial charge in [0.25, 0.3) is 0 Å². The van der Waals surface area contributed by atoms with Gasteiger partial charge < -0.3 is 9.84 Å². The van der Waals surface area contributed by atoms with Gasteiger partial charge in [-0.05, 0) is 87.4 Å². The fraction of sp³-hybridized carbons (Fsp3) is 0.259. The molecule has 1 N–H and O–H groups in total. The van der Waals surface area contributed by atoms with E-state index in [1.807, 2.05) is 37.3 Å². The molecule has 9 heteroatoms. The third-order valence-electron chi connectivity index (χ3n) is 5.86. The van der Waals surface area contributed by atoms with Crippen molar-refractivity contribution in [1.82, 2.24) is 9.78 Å². The second-order valence-electron chi connectivity index (χ2n) is 8.99. The fourth-order valence-electron chi connectivity index (χ4n) is 3.82. The summed E-state index contributed by atoms with van der Waals surface area (Å²) in [5.74, 6) is -0.529. The van der Waals surface area contributed by atoms with E-state index < -0.39 is 23.3 Å². The molecular formula is C27H25F3N2O3S. The van der Waals surface area contributed by atoms with Gasteiger partial charge in [-0.15, -0.1) is 11.8 Å². The molecule has 0 saturated carbocycles. The van der Waals surface area contributed by atoms with E-state index in [1.165, 1.54) is 26.0 Å². The summed E-state index contributed by atoms with van der Waals surface area (Å²) in [5, 5.41) is 14.7. The Morgan fingerprint density at radius 3 is 2.39 bits per heavy atom. The van der Waals surface area contributed by atoms with Gasteiger partial charge in [-0.1, -0.05) is 12.1 Å². The van der Waals surface area contributed by atoms with Crippen LogP contribution in [0.25, 0.3) is 16.6 Å². The number of ether oxygens (including phenoxy) is 1. The summed E-state index contributed by atoms with van der Waals surface area (Å²) in [6.07, 6.45) is -2.66. The summed E-state index contributed by atoms with van der Waals surface area (Å²) in [6, 6.07) is 16.4. The Kier molecular flexibility index (Phi) is 6.79. The first-order valence-corrected chi connectivity index (χ1v) is 12.1.